The maximum atomic E-state index is 10.9. The third kappa shape index (κ3) is 2.78. The van der Waals surface area contributed by atoms with Crippen LogP contribution >= 0.6 is 15.9 Å². The van der Waals surface area contributed by atoms with Gasteiger partial charge < -0.3 is 9.84 Å². The number of hydrogen-bond donors (Lipinski definition) is 1. The monoisotopic (exact) mass is 259 g/mol. The summed E-state index contributed by atoms with van der Waals surface area (Å²) in [7, 11) is 1.29. The van der Waals surface area contributed by atoms with E-state index in [1.165, 1.54) is 7.11 Å². The van der Waals surface area contributed by atoms with Crippen LogP contribution in [-0.4, -0.2) is 23.2 Å². The molecule has 0 fully saturated rings. The van der Waals surface area contributed by atoms with E-state index in [1.807, 2.05) is 0 Å². The number of pyridine rings is 1. The first kappa shape index (κ1) is 11.1. The molecule has 1 unspecified atom stereocenters. The molecule has 0 radical (unpaired) electrons. The summed E-state index contributed by atoms with van der Waals surface area (Å²) in [5.74, 6) is -0.451. The lowest BCUT2D eigenvalue weighted by Gasteiger charge is -2.10. The Balaban J connectivity index is 2.74. The number of carbonyl (C=O) groups is 1. The van der Waals surface area contributed by atoms with Gasteiger partial charge in [-0.15, -0.1) is 0 Å². The zero-order chi connectivity index (χ0) is 10.6. The predicted octanol–water partition coefficient (Wildman–Crippen LogP) is 1.44. The number of halogens is 1. The molecule has 76 valence electrons. The summed E-state index contributed by atoms with van der Waals surface area (Å²) >= 11 is 3.19. The number of aliphatic hydroxyl groups excluding tert-OH is 1. The van der Waals surface area contributed by atoms with Gasteiger partial charge in [0, 0.05) is 11.8 Å². The number of hydrogen-bond acceptors (Lipinski definition) is 4. The molecule has 1 rings (SSSR count). The number of ether oxygens (including phenoxy) is 1. The zero-order valence-corrected chi connectivity index (χ0v) is 9.19. The number of aliphatic hydroxyl groups is 1. The normalized spacial score (nSPS) is 12.2. The van der Waals surface area contributed by atoms with E-state index < -0.39 is 12.1 Å². The molecule has 0 aliphatic carbocycles. The van der Waals surface area contributed by atoms with Crippen LogP contribution in [0.25, 0.3) is 0 Å². The minimum Gasteiger partial charge on any atom is -0.469 e. The van der Waals surface area contributed by atoms with Gasteiger partial charge >= 0.3 is 5.97 Å². The summed E-state index contributed by atoms with van der Waals surface area (Å²) in [5.41, 5.74) is 0.581. The fourth-order valence-corrected chi connectivity index (χ4v) is 1.51. The van der Waals surface area contributed by atoms with Gasteiger partial charge in [0.2, 0.25) is 0 Å². The van der Waals surface area contributed by atoms with Gasteiger partial charge in [0.25, 0.3) is 0 Å². The molecule has 1 heterocycles. The number of rotatable bonds is 3. The van der Waals surface area contributed by atoms with E-state index in [2.05, 4.69) is 25.7 Å². The molecule has 4 nitrogen and oxygen atoms in total. The third-order valence-electron chi connectivity index (χ3n) is 1.73. The first-order valence-corrected chi connectivity index (χ1v) is 4.79. The molecule has 0 spiro atoms. The highest BCUT2D eigenvalue weighted by Gasteiger charge is 2.15. The Bertz CT molecular complexity index is 330. The molecule has 0 aliphatic rings. The van der Waals surface area contributed by atoms with E-state index in [4.69, 9.17) is 0 Å². The molecule has 1 atom stereocenters. The van der Waals surface area contributed by atoms with Crippen LogP contribution in [0.15, 0.2) is 22.9 Å². The van der Waals surface area contributed by atoms with Crippen molar-refractivity contribution in [1.29, 1.82) is 0 Å². The summed E-state index contributed by atoms with van der Waals surface area (Å²) in [6.45, 7) is 0. The van der Waals surface area contributed by atoms with Gasteiger partial charge in [0.15, 0.2) is 0 Å². The maximum absolute atomic E-state index is 10.9. The molecule has 0 aliphatic heterocycles. The van der Waals surface area contributed by atoms with Gasteiger partial charge in [-0.3, -0.25) is 4.79 Å². The maximum Gasteiger partial charge on any atom is 0.308 e. The van der Waals surface area contributed by atoms with Crippen LogP contribution in [0.1, 0.15) is 18.1 Å². The van der Waals surface area contributed by atoms with Gasteiger partial charge in [-0.2, -0.15) is 0 Å². The quantitative estimate of drug-likeness (QED) is 0.660. The smallest absolute Gasteiger partial charge is 0.308 e. The second-order valence-corrected chi connectivity index (χ2v) is 3.43. The summed E-state index contributed by atoms with van der Waals surface area (Å²) in [6.07, 6.45) is 0.643. The van der Waals surface area contributed by atoms with Gasteiger partial charge in [-0.05, 0) is 22.0 Å². The van der Waals surface area contributed by atoms with Crippen molar-refractivity contribution < 1.29 is 14.6 Å². The third-order valence-corrected chi connectivity index (χ3v) is 2.40. The van der Waals surface area contributed by atoms with E-state index in [0.717, 1.165) is 0 Å². The average molecular weight is 260 g/mol. The molecule has 0 saturated carbocycles. The van der Waals surface area contributed by atoms with Crippen LogP contribution in [0.4, 0.5) is 0 Å². The second kappa shape index (κ2) is 5.07. The van der Waals surface area contributed by atoms with Crippen LogP contribution in [0, 0.1) is 0 Å². The molecule has 1 aromatic rings. The van der Waals surface area contributed by atoms with E-state index in [9.17, 15) is 9.90 Å². The lowest BCUT2D eigenvalue weighted by molar-refractivity contribution is -0.142. The molecular weight excluding hydrogens is 250 g/mol. The molecule has 5 heteroatoms. The van der Waals surface area contributed by atoms with Gasteiger partial charge in [0.05, 0.1) is 19.6 Å². The molecule has 1 N–H and O–H groups in total. The molecule has 0 saturated heterocycles. The molecule has 0 aromatic carbocycles. The summed E-state index contributed by atoms with van der Waals surface area (Å²) < 4.78 is 4.99. The van der Waals surface area contributed by atoms with Crippen LogP contribution in [0.2, 0.25) is 0 Å². The van der Waals surface area contributed by atoms with Gasteiger partial charge in [0.1, 0.15) is 4.60 Å². The molecule has 1 aromatic heterocycles. The second-order valence-electron chi connectivity index (χ2n) is 2.68. The summed E-state index contributed by atoms with van der Waals surface area (Å²) in [5, 5.41) is 9.63. The number of carbonyl (C=O) groups excluding carboxylic acids is 1. The van der Waals surface area contributed by atoms with E-state index in [1.54, 1.807) is 18.3 Å². The van der Waals surface area contributed by atoms with Gasteiger partial charge in [-0.1, -0.05) is 6.07 Å². The Labute approximate surface area is 90.0 Å². The van der Waals surface area contributed by atoms with Crippen molar-refractivity contribution in [3.63, 3.8) is 0 Å². The fraction of sp³-hybridized carbons (Fsp3) is 0.333. The summed E-state index contributed by atoms with van der Waals surface area (Å²) in [6, 6.07) is 3.39. The Morgan fingerprint density at radius 2 is 2.50 bits per heavy atom. The minimum absolute atomic E-state index is 0.0687. The highest BCUT2D eigenvalue weighted by Crippen LogP contribution is 2.23. The van der Waals surface area contributed by atoms with Crippen molar-refractivity contribution in [1.82, 2.24) is 4.98 Å². The van der Waals surface area contributed by atoms with Crippen molar-refractivity contribution >= 4 is 21.9 Å². The van der Waals surface area contributed by atoms with E-state index in [-0.39, 0.29) is 6.42 Å². The molecular formula is C9H10BrNO3. The average Bonchev–Trinajstić information content (AvgIpc) is 2.18. The molecule has 0 amide bonds. The first-order valence-electron chi connectivity index (χ1n) is 4.00. The van der Waals surface area contributed by atoms with Crippen molar-refractivity contribution in [3.8, 4) is 0 Å². The minimum atomic E-state index is -0.884. The largest absolute Gasteiger partial charge is 0.469 e. The number of nitrogens with zero attached hydrogens (tertiary/aromatic N) is 1. The van der Waals surface area contributed by atoms with Crippen LogP contribution in [0.5, 0.6) is 0 Å². The Hall–Kier alpha value is -0.940. The number of aromatic nitrogens is 1. The lowest BCUT2D eigenvalue weighted by atomic mass is 10.1. The molecule has 0 bridgehead atoms. The zero-order valence-electron chi connectivity index (χ0n) is 7.61. The van der Waals surface area contributed by atoms with Gasteiger partial charge in [-0.25, -0.2) is 4.98 Å². The van der Waals surface area contributed by atoms with Crippen molar-refractivity contribution in [2.45, 2.75) is 12.5 Å². The van der Waals surface area contributed by atoms with Crippen molar-refractivity contribution in [3.05, 3.63) is 28.5 Å². The fourth-order valence-electron chi connectivity index (χ4n) is 0.998. The van der Waals surface area contributed by atoms with E-state index >= 15 is 0 Å². The lowest BCUT2D eigenvalue weighted by Crippen LogP contribution is -2.08. The standard InChI is InChI=1S/C9H10BrNO3/c1-14-8(13)5-7(12)6-3-2-4-11-9(6)10/h2-4,7,12H,5H2,1H3. The summed E-state index contributed by atoms with van der Waals surface area (Å²) in [4.78, 5) is 14.8. The highest BCUT2D eigenvalue weighted by atomic mass is 79.9. The van der Waals surface area contributed by atoms with Crippen LogP contribution in [0.3, 0.4) is 0 Å². The molecule has 14 heavy (non-hydrogen) atoms. The Kier molecular flexibility index (Phi) is 4.03. The number of esters is 1. The van der Waals surface area contributed by atoms with Crippen LogP contribution in [-0.2, 0) is 9.53 Å². The van der Waals surface area contributed by atoms with Crippen molar-refractivity contribution in [2.75, 3.05) is 7.11 Å². The van der Waals surface area contributed by atoms with Crippen LogP contribution < -0.4 is 0 Å². The topological polar surface area (TPSA) is 59.4 Å². The number of methoxy groups -OCH3 is 1. The SMILES string of the molecule is COC(=O)CC(O)c1cccnc1Br. The Morgan fingerprint density at radius 3 is 3.07 bits per heavy atom. The predicted molar refractivity (Wildman–Crippen MR) is 53.5 cm³/mol. The highest BCUT2D eigenvalue weighted by molar-refractivity contribution is 9.10. The van der Waals surface area contributed by atoms with E-state index in [0.29, 0.717) is 10.2 Å². The first-order chi connectivity index (χ1) is 6.65. The van der Waals surface area contributed by atoms with Crippen molar-refractivity contribution in [2.24, 2.45) is 0 Å². The Morgan fingerprint density at radius 1 is 1.79 bits per heavy atom.